The van der Waals surface area contributed by atoms with Crippen LogP contribution in [0.3, 0.4) is 0 Å². The average Bonchev–Trinajstić information content (AvgIpc) is 2.30. The summed E-state index contributed by atoms with van der Waals surface area (Å²) in [5, 5.41) is 10.2. The smallest absolute Gasteiger partial charge is 0.128 e. The Hall–Kier alpha value is -0.900. The fraction of sp³-hybridized carbons (Fsp3) is 0.538. The Balaban J connectivity index is 1.98. The van der Waals surface area contributed by atoms with Gasteiger partial charge in [-0.3, -0.25) is 0 Å². The molecule has 3 nitrogen and oxygen atoms in total. The van der Waals surface area contributed by atoms with Crippen molar-refractivity contribution < 1.29 is 14.3 Å². The topological polar surface area (TPSA) is 29.5 Å². The van der Waals surface area contributed by atoms with Crippen molar-refractivity contribution in [1.82, 2.24) is 0 Å². The zero-order valence-corrected chi connectivity index (χ0v) is 9.80. The van der Waals surface area contributed by atoms with E-state index < -0.39 is 0 Å². The van der Waals surface area contributed by atoms with Gasteiger partial charge in [-0.1, -0.05) is 30.3 Å². The summed E-state index contributed by atoms with van der Waals surface area (Å²) in [6.45, 7) is 4.36. The van der Waals surface area contributed by atoms with Crippen molar-refractivity contribution >= 4 is 0 Å². The lowest BCUT2D eigenvalue weighted by molar-refractivity contribution is -0.920. The van der Waals surface area contributed by atoms with E-state index in [2.05, 4.69) is 7.05 Å². The second kappa shape index (κ2) is 4.95. The predicted octanol–water partition coefficient (Wildman–Crippen LogP) is 1.20. The van der Waals surface area contributed by atoms with Gasteiger partial charge in [0.25, 0.3) is 0 Å². The summed E-state index contributed by atoms with van der Waals surface area (Å²) in [6, 6.07) is 9.88. The van der Waals surface area contributed by atoms with Crippen LogP contribution in [0.15, 0.2) is 30.3 Å². The van der Waals surface area contributed by atoms with Crippen LogP contribution in [-0.2, 0) is 4.74 Å². The number of aliphatic hydroxyl groups excluding tert-OH is 1. The molecule has 0 aliphatic carbocycles. The van der Waals surface area contributed by atoms with E-state index >= 15 is 0 Å². The van der Waals surface area contributed by atoms with E-state index in [0.717, 1.165) is 42.9 Å². The molecular formula is C13H20NO2+. The van der Waals surface area contributed by atoms with Crippen molar-refractivity contribution in [3.05, 3.63) is 35.9 Å². The zero-order chi connectivity index (χ0) is 11.4. The molecule has 1 saturated heterocycles. The molecule has 88 valence electrons. The number of rotatable bonds is 3. The second-order valence-electron chi connectivity index (χ2n) is 4.79. The summed E-state index contributed by atoms with van der Waals surface area (Å²) in [4.78, 5) is 0. The minimum atomic E-state index is -0.371. The van der Waals surface area contributed by atoms with Gasteiger partial charge in [0.15, 0.2) is 0 Å². The molecule has 16 heavy (non-hydrogen) atoms. The molecule has 1 atom stereocenters. The van der Waals surface area contributed by atoms with E-state index in [0.29, 0.717) is 0 Å². The number of benzene rings is 1. The Morgan fingerprint density at radius 1 is 1.25 bits per heavy atom. The van der Waals surface area contributed by atoms with E-state index in [-0.39, 0.29) is 6.10 Å². The van der Waals surface area contributed by atoms with Gasteiger partial charge in [-0.15, -0.1) is 0 Å². The summed E-state index contributed by atoms with van der Waals surface area (Å²) in [5.41, 5.74) is 1.01. The molecule has 0 saturated carbocycles. The quantitative estimate of drug-likeness (QED) is 0.779. The van der Waals surface area contributed by atoms with Crippen LogP contribution in [0.5, 0.6) is 0 Å². The van der Waals surface area contributed by atoms with Crippen LogP contribution in [0.25, 0.3) is 0 Å². The van der Waals surface area contributed by atoms with Gasteiger partial charge < -0.3 is 14.3 Å². The summed E-state index contributed by atoms with van der Waals surface area (Å²) in [6.07, 6.45) is -0.371. The van der Waals surface area contributed by atoms with E-state index in [1.54, 1.807) is 0 Å². The molecule has 1 aromatic rings. The molecule has 1 aliphatic rings. The highest BCUT2D eigenvalue weighted by Gasteiger charge is 2.28. The monoisotopic (exact) mass is 222 g/mol. The van der Waals surface area contributed by atoms with Gasteiger partial charge in [0.2, 0.25) is 0 Å². The first kappa shape index (κ1) is 11.6. The van der Waals surface area contributed by atoms with Crippen LogP contribution in [-0.4, -0.2) is 49.5 Å². The number of likely N-dealkylation sites (N-methyl/N-ethyl adjacent to an activating group) is 1. The highest BCUT2D eigenvalue weighted by atomic mass is 16.5. The summed E-state index contributed by atoms with van der Waals surface area (Å²) < 4.78 is 6.25. The molecule has 3 heteroatoms. The molecule has 1 heterocycles. The largest absolute Gasteiger partial charge is 0.382 e. The van der Waals surface area contributed by atoms with Gasteiger partial charge in [-0.25, -0.2) is 0 Å². The molecule has 0 spiro atoms. The zero-order valence-electron chi connectivity index (χ0n) is 9.80. The van der Waals surface area contributed by atoms with E-state index in [1.807, 2.05) is 30.3 Å². The van der Waals surface area contributed by atoms with E-state index in [9.17, 15) is 5.11 Å². The number of quaternary nitrogens is 1. The first-order valence-electron chi connectivity index (χ1n) is 5.84. The van der Waals surface area contributed by atoms with Gasteiger partial charge in [0, 0.05) is 0 Å². The Morgan fingerprint density at radius 3 is 2.50 bits per heavy atom. The first-order chi connectivity index (χ1) is 7.70. The molecule has 1 aromatic carbocycles. The lowest BCUT2D eigenvalue weighted by atomic mass is 10.1. The number of ether oxygens (including phenoxy) is 1. The fourth-order valence-electron chi connectivity index (χ4n) is 2.16. The molecule has 1 aliphatic heterocycles. The molecule has 2 rings (SSSR count). The summed E-state index contributed by atoms with van der Waals surface area (Å²) in [7, 11) is 2.19. The van der Waals surface area contributed by atoms with Crippen LogP contribution in [0.4, 0.5) is 0 Å². The van der Waals surface area contributed by atoms with Gasteiger partial charge in [-0.05, 0) is 5.56 Å². The van der Waals surface area contributed by atoms with Crippen molar-refractivity contribution in [2.24, 2.45) is 0 Å². The fourth-order valence-corrected chi connectivity index (χ4v) is 2.16. The molecule has 0 unspecified atom stereocenters. The summed E-state index contributed by atoms with van der Waals surface area (Å²) in [5.74, 6) is 0. The van der Waals surface area contributed by atoms with E-state index in [1.165, 1.54) is 0 Å². The maximum Gasteiger partial charge on any atom is 0.128 e. The Bertz CT molecular complexity index is 320. The van der Waals surface area contributed by atoms with Crippen molar-refractivity contribution in [1.29, 1.82) is 0 Å². The predicted molar refractivity (Wildman–Crippen MR) is 63.0 cm³/mol. The number of nitrogens with zero attached hydrogens (tertiary/aromatic N) is 1. The van der Waals surface area contributed by atoms with Gasteiger partial charge in [0.05, 0.1) is 20.3 Å². The molecule has 0 radical (unpaired) electrons. The number of hydrogen-bond donors (Lipinski definition) is 1. The van der Waals surface area contributed by atoms with Gasteiger partial charge in [-0.2, -0.15) is 0 Å². The third kappa shape index (κ3) is 2.82. The lowest BCUT2D eigenvalue weighted by Crippen LogP contribution is -2.53. The third-order valence-corrected chi connectivity index (χ3v) is 3.35. The molecular weight excluding hydrogens is 202 g/mol. The Labute approximate surface area is 96.9 Å². The molecule has 1 fully saturated rings. The number of aliphatic hydroxyl groups is 1. The molecule has 1 N–H and O–H groups in total. The van der Waals surface area contributed by atoms with Crippen molar-refractivity contribution in [3.8, 4) is 0 Å². The van der Waals surface area contributed by atoms with E-state index in [4.69, 9.17) is 4.74 Å². The van der Waals surface area contributed by atoms with Gasteiger partial charge in [0.1, 0.15) is 25.7 Å². The lowest BCUT2D eigenvalue weighted by Gasteiger charge is -2.38. The standard InChI is InChI=1S/C13H20NO2/c1-14(7-9-16-10-8-14)11-13(15)12-5-3-2-4-6-12/h2-6,13,15H,7-11H2,1H3/q+1/t13-/m1/s1. The van der Waals surface area contributed by atoms with Crippen LogP contribution >= 0.6 is 0 Å². The first-order valence-corrected chi connectivity index (χ1v) is 5.84. The van der Waals surface area contributed by atoms with Gasteiger partial charge >= 0.3 is 0 Å². The van der Waals surface area contributed by atoms with Crippen LogP contribution in [0.2, 0.25) is 0 Å². The molecule has 0 aromatic heterocycles. The number of morpholine rings is 1. The maximum atomic E-state index is 10.2. The minimum absolute atomic E-state index is 0.371. The van der Waals surface area contributed by atoms with Crippen LogP contribution < -0.4 is 0 Å². The highest BCUT2D eigenvalue weighted by molar-refractivity contribution is 5.17. The molecule has 0 amide bonds. The van der Waals surface area contributed by atoms with Crippen molar-refractivity contribution in [2.75, 3.05) is 39.9 Å². The van der Waals surface area contributed by atoms with Crippen LogP contribution in [0.1, 0.15) is 11.7 Å². The van der Waals surface area contributed by atoms with Crippen molar-refractivity contribution in [2.45, 2.75) is 6.10 Å². The molecule has 0 bridgehead atoms. The Morgan fingerprint density at radius 2 is 1.88 bits per heavy atom. The summed E-state index contributed by atoms with van der Waals surface area (Å²) >= 11 is 0. The normalized spacial score (nSPS) is 21.6. The average molecular weight is 222 g/mol. The number of hydrogen-bond acceptors (Lipinski definition) is 2. The van der Waals surface area contributed by atoms with Crippen LogP contribution in [0, 0.1) is 0 Å². The van der Waals surface area contributed by atoms with Crippen molar-refractivity contribution in [3.63, 3.8) is 0 Å². The Kier molecular flexibility index (Phi) is 3.59. The highest BCUT2D eigenvalue weighted by Crippen LogP contribution is 2.18. The maximum absolute atomic E-state index is 10.2. The third-order valence-electron chi connectivity index (χ3n) is 3.35. The minimum Gasteiger partial charge on any atom is -0.382 e. The second-order valence-corrected chi connectivity index (χ2v) is 4.79. The SMILES string of the molecule is C[N+]1(C[C@@H](O)c2ccccc2)CCOCC1.